The molecule has 0 saturated heterocycles. The molecule has 1 aliphatic rings. The Labute approximate surface area is 168 Å². The topological polar surface area (TPSA) is 58.6 Å². The standard InChI is InChI=1S/C20H24N2O3S2/c1-13(26-12-14-7-5-4-6-8-14)18(23)21-19-17(20(24)25-3)15-9-10-22(2)11-16(15)27-19/h4-8,13H,9-12H2,1-3H3,(H,21,23)/t13-/m1/s1. The zero-order valence-corrected chi connectivity index (χ0v) is 17.4. The van der Waals surface area contributed by atoms with Crippen LogP contribution in [-0.4, -0.2) is 42.7 Å². The number of likely N-dealkylation sites (N-methyl/N-ethyl adjacent to an activating group) is 1. The molecule has 2 heterocycles. The van der Waals surface area contributed by atoms with Gasteiger partial charge in [0.2, 0.25) is 5.91 Å². The first-order chi connectivity index (χ1) is 13.0. The van der Waals surface area contributed by atoms with E-state index in [1.807, 2.05) is 25.1 Å². The molecule has 3 rings (SSSR count). The maximum absolute atomic E-state index is 12.7. The van der Waals surface area contributed by atoms with E-state index in [-0.39, 0.29) is 17.1 Å². The minimum absolute atomic E-state index is 0.0898. The maximum atomic E-state index is 12.7. The van der Waals surface area contributed by atoms with Crippen LogP contribution in [0.25, 0.3) is 0 Å². The van der Waals surface area contributed by atoms with Crippen molar-refractivity contribution in [3.8, 4) is 0 Å². The van der Waals surface area contributed by atoms with Crippen LogP contribution in [0.15, 0.2) is 30.3 Å². The van der Waals surface area contributed by atoms with E-state index in [2.05, 4.69) is 29.4 Å². The summed E-state index contributed by atoms with van der Waals surface area (Å²) in [6.07, 6.45) is 0.793. The first kappa shape index (κ1) is 19.9. The maximum Gasteiger partial charge on any atom is 0.341 e. The number of nitrogens with zero attached hydrogens (tertiary/aromatic N) is 1. The minimum Gasteiger partial charge on any atom is -0.465 e. The number of carbonyl (C=O) groups excluding carboxylic acids is 2. The molecule has 2 aromatic rings. The van der Waals surface area contributed by atoms with Gasteiger partial charge in [0.15, 0.2) is 0 Å². The molecule has 0 saturated carbocycles. The Hall–Kier alpha value is -1.83. The molecule has 0 bridgehead atoms. The number of rotatable bonds is 6. The number of amides is 1. The second-order valence-corrected chi connectivity index (χ2v) is 9.05. The molecule has 1 atom stereocenters. The SMILES string of the molecule is COC(=O)c1c(NC(=O)[C@@H](C)SCc2ccccc2)sc2c1CCN(C)C2. The average molecular weight is 405 g/mol. The summed E-state index contributed by atoms with van der Waals surface area (Å²) in [6, 6.07) is 10.1. The van der Waals surface area contributed by atoms with Crippen molar-refractivity contribution in [1.29, 1.82) is 0 Å². The highest BCUT2D eigenvalue weighted by molar-refractivity contribution is 7.99. The van der Waals surface area contributed by atoms with Crippen LogP contribution in [0, 0.1) is 0 Å². The van der Waals surface area contributed by atoms with Crippen LogP contribution in [-0.2, 0) is 28.2 Å². The van der Waals surface area contributed by atoms with E-state index in [1.165, 1.54) is 24.0 Å². The fraction of sp³-hybridized carbons (Fsp3) is 0.400. The summed E-state index contributed by atoms with van der Waals surface area (Å²) in [5.41, 5.74) is 2.73. The van der Waals surface area contributed by atoms with Crippen molar-refractivity contribution >= 4 is 40.0 Å². The molecule has 1 N–H and O–H groups in total. The Morgan fingerprint density at radius 3 is 2.78 bits per heavy atom. The number of ether oxygens (including phenoxy) is 1. The van der Waals surface area contributed by atoms with Gasteiger partial charge in [-0.3, -0.25) is 4.79 Å². The molecule has 0 spiro atoms. The molecule has 1 amide bonds. The summed E-state index contributed by atoms with van der Waals surface area (Å²) < 4.78 is 4.97. The third-order valence-electron chi connectivity index (χ3n) is 4.59. The van der Waals surface area contributed by atoms with Crippen LogP contribution in [0.2, 0.25) is 0 Å². The molecular formula is C20H24N2O3S2. The Morgan fingerprint density at radius 2 is 2.07 bits per heavy atom. The summed E-state index contributed by atoms with van der Waals surface area (Å²) in [6.45, 7) is 3.57. The van der Waals surface area contributed by atoms with Gasteiger partial charge < -0.3 is 15.0 Å². The highest BCUT2D eigenvalue weighted by Crippen LogP contribution is 2.37. The lowest BCUT2D eigenvalue weighted by Gasteiger charge is -2.22. The molecule has 0 fully saturated rings. The Balaban J connectivity index is 1.72. The predicted molar refractivity (Wildman–Crippen MR) is 112 cm³/mol. The second kappa shape index (κ2) is 8.91. The second-order valence-electron chi connectivity index (χ2n) is 6.62. The first-order valence-electron chi connectivity index (χ1n) is 8.87. The summed E-state index contributed by atoms with van der Waals surface area (Å²) >= 11 is 3.07. The number of fused-ring (bicyclic) bond motifs is 1. The zero-order valence-electron chi connectivity index (χ0n) is 15.8. The normalized spacial score (nSPS) is 15.1. The van der Waals surface area contributed by atoms with Crippen molar-refractivity contribution in [3.05, 3.63) is 51.9 Å². The molecule has 0 aliphatic carbocycles. The van der Waals surface area contributed by atoms with Gasteiger partial charge in [-0.2, -0.15) is 0 Å². The molecule has 1 aromatic carbocycles. The summed E-state index contributed by atoms with van der Waals surface area (Å²) in [5.74, 6) is 0.301. The van der Waals surface area contributed by atoms with E-state index in [1.54, 1.807) is 11.8 Å². The fourth-order valence-corrected chi connectivity index (χ4v) is 5.19. The lowest BCUT2D eigenvalue weighted by molar-refractivity contribution is -0.115. The van der Waals surface area contributed by atoms with Gasteiger partial charge in [0.25, 0.3) is 0 Å². The molecule has 1 aromatic heterocycles. The largest absolute Gasteiger partial charge is 0.465 e. The van der Waals surface area contributed by atoms with E-state index < -0.39 is 0 Å². The van der Waals surface area contributed by atoms with Crippen molar-refractivity contribution in [2.24, 2.45) is 0 Å². The Morgan fingerprint density at radius 1 is 1.33 bits per heavy atom. The van der Waals surface area contributed by atoms with Gasteiger partial charge in [-0.15, -0.1) is 23.1 Å². The summed E-state index contributed by atoms with van der Waals surface area (Å²) in [5, 5.41) is 3.36. The number of hydrogen-bond acceptors (Lipinski definition) is 6. The van der Waals surface area contributed by atoms with Crippen molar-refractivity contribution < 1.29 is 14.3 Å². The predicted octanol–water partition coefficient (Wildman–Crippen LogP) is 3.78. The highest BCUT2D eigenvalue weighted by atomic mass is 32.2. The van der Waals surface area contributed by atoms with Crippen LogP contribution in [0.4, 0.5) is 5.00 Å². The van der Waals surface area contributed by atoms with Crippen LogP contribution >= 0.6 is 23.1 Å². The number of benzene rings is 1. The number of esters is 1. The molecule has 7 heteroatoms. The van der Waals surface area contributed by atoms with Crippen molar-refractivity contribution in [2.75, 3.05) is 26.0 Å². The van der Waals surface area contributed by atoms with Crippen molar-refractivity contribution in [3.63, 3.8) is 0 Å². The molecule has 0 unspecified atom stereocenters. The lowest BCUT2D eigenvalue weighted by atomic mass is 10.0. The van der Waals surface area contributed by atoms with Gasteiger partial charge in [-0.25, -0.2) is 4.79 Å². The third kappa shape index (κ3) is 4.72. The van der Waals surface area contributed by atoms with E-state index in [0.717, 1.165) is 35.7 Å². The van der Waals surface area contributed by atoms with Gasteiger partial charge in [0.1, 0.15) is 5.00 Å². The van der Waals surface area contributed by atoms with Gasteiger partial charge in [0.05, 0.1) is 17.9 Å². The highest BCUT2D eigenvalue weighted by Gasteiger charge is 2.29. The molecule has 1 aliphatic heterocycles. The number of nitrogens with one attached hydrogen (secondary N) is 1. The van der Waals surface area contributed by atoms with Gasteiger partial charge in [-0.1, -0.05) is 30.3 Å². The number of methoxy groups -OCH3 is 1. The van der Waals surface area contributed by atoms with Gasteiger partial charge in [0, 0.05) is 23.7 Å². The quantitative estimate of drug-likeness (QED) is 0.743. The monoisotopic (exact) mass is 404 g/mol. The molecule has 27 heavy (non-hydrogen) atoms. The smallest absolute Gasteiger partial charge is 0.341 e. The van der Waals surface area contributed by atoms with Crippen LogP contribution < -0.4 is 5.32 Å². The third-order valence-corrected chi connectivity index (χ3v) is 6.93. The minimum atomic E-state index is -0.378. The number of anilines is 1. The number of hydrogen-bond donors (Lipinski definition) is 1. The fourth-order valence-electron chi connectivity index (χ4n) is 3.02. The van der Waals surface area contributed by atoms with Gasteiger partial charge in [-0.05, 0) is 31.5 Å². The van der Waals surface area contributed by atoms with Gasteiger partial charge >= 0.3 is 5.97 Å². The van der Waals surface area contributed by atoms with E-state index in [4.69, 9.17) is 4.74 Å². The molecule has 5 nitrogen and oxygen atoms in total. The average Bonchev–Trinajstić information content (AvgIpc) is 3.02. The number of thioether (sulfide) groups is 1. The summed E-state index contributed by atoms with van der Waals surface area (Å²) in [7, 11) is 3.44. The Bertz CT molecular complexity index is 820. The Kier molecular flexibility index (Phi) is 6.57. The van der Waals surface area contributed by atoms with Crippen LogP contribution in [0.5, 0.6) is 0 Å². The summed E-state index contributed by atoms with van der Waals surface area (Å²) in [4.78, 5) is 28.4. The zero-order chi connectivity index (χ0) is 19.4. The lowest BCUT2D eigenvalue weighted by Crippen LogP contribution is -2.26. The van der Waals surface area contributed by atoms with Crippen molar-refractivity contribution in [1.82, 2.24) is 4.90 Å². The molecular weight excluding hydrogens is 380 g/mol. The van der Waals surface area contributed by atoms with E-state index in [0.29, 0.717) is 10.6 Å². The van der Waals surface area contributed by atoms with Crippen molar-refractivity contribution in [2.45, 2.75) is 30.9 Å². The molecule has 0 radical (unpaired) electrons. The van der Waals surface area contributed by atoms with E-state index in [9.17, 15) is 9.59 Å². The number of carbonyl (C=O) groups is 2. The van der Waals surface area contributed by atoms with E-state index >= 15 is 0 Å². The first-order valence-corrected chi connectivity index (χ1v) is 10.7. The molecule has 144 valence electrons. The van der Waals surface area contributed by atoms with Crippen LogP contribution in [0.3, 0.4) is 0 Å². The number of thiophene rings is 1. The van der Waals surface area contributed by atoms with Crippen LogP contribution in [0.1, 0.15) is 33.3 Å².